The van der Waals surface area contributed by atoms with Crippen molar-refractivity contribution in [1.29, 1.82) is 0 Å². The van der Waals surface area contributed by atoms with Gasteiger partial charge in [0.2, 0.25) is 0 Å². The molecule has 0 unspecified atom stereocenters. The lowest BCUT2D eigenvalue weighted by atomic mass is 10.1. The van der Waals surface area contributed by atoms with Crippen LogP contribution in [0.3, 0.4) is 0 Å². The molecule has 0 spiro atoms. The Morgan fingerprint density at radius 1 is 0.846 bits per heavy atom. The van der Waals surface area contributed by atoms with Crippen LogP contribution in [0.1, 0.15) is 38.5 Å². The van der Waals surface area contributed by atoms with Crippen molar-refractivity contribution in [3.63, 3.8) is 0 Å². The first-order chi connectivity index (χ1) is 6.27. The Balaban J connectivity index is 2.84. The van der Waals surface area contributed by atoms with E-state index in [4.69, 9.17) is 15.2 Å². The van der Waals surface area contributed by atoms with E-state index in [-0.39, 0.29) is 6.61 Å². The summed E-state index contributed by atoms with van der Waals surface area (Å²) in [5.74, 6) is 0. The summed E-state index contributed by atoms with van der Waals surface area (Å²) in [6.45, 7) is 0.678. The predicted molar refractivity (Wildman–Crippen MR) is 50.9 cm³/mol. The molecule has 0 aliphatic rings. The number of hydrogen-bond donors (Lipinski definition) is 3. The average Bonchev–Trinajstić information content (AvgIpc) is 2.09. The highest BCUT2D eigenvalue weighted by atomic mass is 16.6. The van der Waals surface area contributed by atoms with Crippen LogP contribution in [0.2, 0.25) is 0 Å². The number of aliphatic hydroxyl groups excluding tert-OH is 1. The van der Waals surface area contributed by atoms with Crippen molar-refractivity contribution >= 4 is 7.32 Å². The topological polar surface area (TPSA) is 69.9 Å². The maximum Gasteiger partial charge on any atom is 0.633 e. The Labute approximate surface area is 79.7 Å². The second kappa shape index (κ2) is 9.99. The first-order valence-corrected chi connectivity index (χ1v) is 4.86. The van der Waals surface area contributed by atoms with E-state index in [2.05, 4.69) is 4.65 Å². The van der Waals surface area contributed by atoms with Crippen LogP contribution in [0.5, 0.6) is 0 Å². The average molecular weight is 190 g/mol. The minimum atomic E-state index is -1.63. The Morgan fingerprint density at radius 3 is 1.92 bits per heavy atom. The van der Waals surface area contributed by atoms with Crippen molar-refractivity contribution in [3.8, 4) is 0 Å². The highest BCUT2D eigenvalue weighted by molar-refractivity contribution is 6.32. The zero-order chi connectivity index (χ0) is 9.94. The number of hydrogen-bond acceptors (Lipinski definition) is 4. The fraction of sp³-hybridized carbons (Fsp3) is 1.00. The van der Waals surface area contributed by atoms with Crippen LogP contribution in [0.4, 0.5) is 0 Å². The van der Waals surface area contributed by atoms with Crippen LogP contribution in [0.15, 0.2) is 0 Å². The molecular formula is C8H19BO4. The highest BCUT2D eigenvalue weighted by Gasteiger charge is 2.06. The Bertz CT molecular complexity index is 100. The van der Waals surface area contributed by atoms with Gasteiger partial charge in [-0.05, 0) is 12.8 Å². The molecule has 0 aliphatic heterocycles. The molecule has 0 aromatic carbocycles. The molecule has 13 heavy (non-hydrogen) atoms. The van der Waals surface area contributed by atoms with Gasteiger partial charge in [-0.25, -0.2) is 0 Å². The van der Waals surface area contributed by atoms with E-state index >= 15 is 0 Å². The first-order valence-electron chi connectivity index (χ1n) is 4.86. The lowest BCUT2D eigenvalue weighted by Gasteiger charge is -2.02. The largest absolute Gasteiger partial charge is 0.633 e. The van der Waals surface area contributed by atoms with Gasteiger partial charge in [-0.3, -0.25) is 0 Å². The van der Waals surface area contributed by atoms with E-state index in [1.807, 2.05) is 0 Å². The van der Waals surface area contributed by atoms with Gasteiger partial charge in [0, 0.05) is 13.2 Å². The van der Waals surface area contributed by atoms with Crippen molar-refractivity contribution < 1.29 is 19.8 Å². The first kappa shape index (κ1) is 12.9. The van der Waals surface area contributed by atoms with E-state index in [0.29, 0.717) is 6.61 Å². The standard InChI is InChI=1S/C8H19BO4/c10-7-5-3-1-2-4-6-8-13-9(11)12/h10-12H,1-8H2. The van der Waals surface area contributed by atoms with Crippen molar-refractivity contribution in [2.75, 3.05) is 13.2 Å². The molecule has 5 heteroatoms. The summed E-state index contributed by atoms with van der Waals surface area (Å²) < 4.78 is 4.54. The Hall–Kier alpha value is -0.0951. The number of unbranched alkanes of at least 4 members (excludes halogenated alkanes) is 5. The van der Waals surface area contributed by atoms with Crippen LogP contribution in [0.25, 0.3) is 0 Å². The van der Waals surface area contributed by atoms with E-state index in [0.717, 1.165) is 38.5 Å². The monoisotopic (exact) mass is 190 g/mol. The van der Waals surface area contributed by atoms with Gasteiger partial charge in [-0.15, -0.1) is 0 Å². The molecule has 0 aliphatic carbocycles. The zero-order valence-electron chi connectivity index (χ0n) is 7.98. The number of aliphatic hydroxyl groups is 1. The lowest BCUT2D eigenvalue weighted by Crippen LogP contribution is -2.17. The summed E-state index contributed by atoms with van der Waals surface area (Å²) >= 11 is 0. The summed E-state index contributed by atoms with van der Waals surface area (Å²) in [5.41, 5.74) is 0. The van der Waals surface area contributed by atoms with Gasteiger partial charge >= 0.3 is 7.32 Å². The van der Waals surface area contributed by atoms with E-state index < -0.39 is 7.32 Å². The van der Waals surface area contributed by atoms with Gasteiger partial charge in [0.1, 0.15) is 0 Å². The third kappa shape index (κ3) is 11.9. The normalized spacial score (nSPS) is 10.4. The molecule has 3 N–H and O–H groups in total. The smallest absolute Gasteiger partial charge is 0.402 e. The molecule has 0 rings (SSSR count). The van der Waals surface area contributed by atoms with Crippen LogP contribution in [-0.4, -0.2) is 35.7 Å². The lowest BCUT2D eigenvalue weighted by molar-refractivity contribution is 0.181. The molecule has 0 bridgehead atoms. The second-order valence-electron chi connectivity index (χ2n) is 3.04. The minimum absolute atomic E-state index is 0.278. The molecule has 0 saturated carbocycles. The summed E-state index contributed by atoms with van der Waals surface area (Å²) in [6, 6.07) is 0. The SMILES string of the molecule is OCCCCCCCCOB(O)O. The molecule has 0 atom stereocenters. The van der Waals surface area contributed by atoms with Crippen LogP contribution >= 0.6 is 0 Å². The summed E-state index contributed by atoms with van der Waals surface area (Å²) in [5, 5.41) is 25.2. The van der Waals surface area contributed by atoms with Crippen molar-refractivity contribution in [2.45, 2.75) is 38.5 Å². The summed E-state index contributed by atoms with van der Waals surface area (Å²) in [7, 11) is -1.63. The third-order valence-corrected chi connectivity index (χ3v) is 1.82. The van der Waals surface area contributed by atoms with Crippen molar-refractivity contribution in [2.24, 2.45) is 0 Å². The van der Waals surface area contributed by atoms with Gasteiger partial charge in [-0.2, -0.15) is 0 Å². The molecule has 0 aromatic heterocycles. The van der Waals surface area contributed by atoms with Gasteiger partial charge < -0.3 is 19.8 Å². The van der Waals surface area contributed by atoms with Gasteiger partial charge in [0.05, 0.1) is 0 Å². The fourth-order valence-electron chi connectivity index (χ4n) is 1.11. The molecule has 4 nitrogen and oxygen atoms in total. The predicted octanol–water partition coefficient (Wildman–Crippen LogP) is 0.305. The van der Waals surface area contributed by atoms with Crippen LogP contribution in [-0.2, 0) is 4.65 Å². The van der Waals surface area contributed by atoms with Gasteiger partial charge in [-0.1, -0.05) is 25.7 Å². The van der Waals surface area contributed by atoms with Gasteiger partial charge in [0.25, 0.3) is 0 Å². The van der Waals surface area contributed by atoms with Crippen molar-refractivity contribution in [3.05, 3.63) is 0 Å². The molecule has 0 saturated heterocycles. The quantitative estimate of drug-likeness (QED) is 0.361. The van der Waals surface area contributed by atoms with E-state index in [1.165, 1.54) is 0 Å². The van der Waals surface area contributed by atoms with Crippen LogP contribution in [0, 0.1) is 0 Å². The van der Waals surface area contributed by atoms with Gasteiger partial charge in [0.15, 0.2) is 0 Å². The maximum atomic E-state index is 8.49. The molecule has 0 aromatic rings. The Kier molecular flexibility index (Phi) is 9.92. The molecule has 0 heterocycles. The highest BCUT2D eigenvalue weighted by Crippen LogP contribution is 2.04. The van der Waals surface area contributed by atoms with Crippen molar-refractivity contribution in [1.82, 2.24) is 0 Å². The van der Waals surface area contributed by atoms with Crippen LogP contribution < -0.4 is 0 Å². The summed E-state index contributed by atoms with van der Waals surface area (Å²) in [6.07, 6.45) is 6.09. The molecule has 0 amide bonds. The zero-order valence-corrected chi connectivity index (χ0v) is 7.98. The van der Waals surface area contributed by atoms with E-state index in [1.54, 1.807) is 0 Å². The third-order valence-electron chi connectivity index (χ3n) is 1.82. The summed E-state index contributed by atoms with van der Waals surface area (Å²) in [4.78, 5) is 0. The molecule has 78 valence electrons. The molecular weight excluding hydrogens is 171 g/mol. The fourth-order valence-corrected chi connectivity index (χ4v) is 1.11. The number of rotatable bonds is 9. The Morgan fingerprint density at radius 2 is 1.38 bits per heavy atom. The maximum absolute atomic E-state index is 8.49. The molecule has 0 radical (unpaired) electrons. The second-order valence-corrected chi connectivity index (χ2v) is 3.04. The minimum Gasteiger partial charge on any atom is -0.402 e. The molecule has 0 fully saturated rings. The van der Waals surface area contributed by atoms with E-state index in [9.17, 15) is 0 Å².